The van der Waals surface area contributed by atoms with E-state index < -0.39 is 0 Å². The zero-order chi connectivity index (χ0) is 22.1. The van der Waals surface area contributed by atoms with Crippen molar-refractivity contribution in [3.05, 3.63) is 107 Å². The molecule has 162 valence electrons. The van der Waals surface area contributed by atoms with Gasteiger partial charge in [0.25, 0.3) is 0 Å². The Bertz CT molecular complexity index is 1200. The van der Waals surface area contributed by atoms with E-state index in [-0.39, 0.29) is 12.1 Å². The van der Waals surface area contributed by atoms with Gasteiger partial charge in [-0.3, -0.25) is 9.97 Å². The fraction of sp³-hybridized carbons (Fsp3) is 0.240. The standard InChI is InChI=1S/C25H25N5OS/c1-17-13-21(18(2)29(17)15-19-7-5-10-26-14-19)24-23(22-9-3-4-11-27-22)28-25(32)30(24)16-20-8-6-12-31-20/h3-14,23-24H,15-16H2,1-2H3,(H,28,32)/t23-,24+/m0/s1. The van der Waals surface area contributed by atoms with Gasteiger partial charge in [-0.1, -0.05) is 12.1 Å². The lowest BCUT2D eigenvalue weighted by Gasteiger charge is -2.27. The van der Waals surface area contributed by atoms with Crippen molar-refractivity contribution in [2.75, 3.05) is 0 Å². The van der Waals surface area contributed by atoms with Gasteiger partial charge in [-0.25, -0.2) is 0 Å². The number of thiocarbonyl (C=S) groups is 1. The number of aryl methyl sites for hydroxylation is 1. The van der Waals surface area contributed by atoms with E-state index in [4.69, 9.17) is 16.6 Å². The van der Waals surface area contributed by atoms with Crippen LogP contribution < -0.4 is 5.32 Å². The van der Waals surface area contributed by atoms with E-state index in [0.29, 0.717) is 11.7 Å². The molecule has 2 atom stereocenters. The largest absolute Gasteiger partial charge is 0.467 e. The number of rotatable bonds is 6. The number of nitrogens with zero attached hydrogens (tertiary/aromatic N) is 4. The molecule has 0 aliphatic carbocycles. The first-order chi connectivity index (χ1) is 15.6. The molecule has 7 heteroatoms. The molecule has 0 spiro atoms. The lowest BCUT2D eigenvalue weighted by Crippen LogP contribution is -2.29. The summed E-state index contributed by atoms with van der Waals surface area (Å²) in [5, 5.41) is 4.23. The molecule has 4 aromatic rings. The molecule has 1 saturated heterocycles. The van der Waals surface area contributed by atoms with Gasteiger partial charge < -0.3 is 19.2 Å². The topological polar surface area (TPSA) is 59.1 Å². The van der Waals surface area contributed by atoms with E-state index in [1.807, 2.05) is 42.7 Å². The highest BCUT2D eigenvalue weighted by atomic mass is 32.1. The Kier molecular flexibility index (Phi) is 5.49. The Labute approximate surface area is 192 Å². The molecule has 0 bridgehead atoms. The van der Waals surface area contributed by atoms with Crippen LogP contribution in [0, 0.1) is 13.8 Å². The molecule has 5 rings (SSSR count). The normalized spacial score (nSPS) is 18.2. The summed E-state index contributed by atoms with van der Waals surface area (Å²) in [5.74, 6) is 0.880. The third-order valence-electron chi connectivity index (χ3n) is 6.10. The van der Waals surface area contributed by atoms with Gasteiger partial charge in [0.05, 0.1) is 30.6 Å². The predicted octanol–water partition coefficient (Wildman–Crippen LogP) is 4.71. The molecule has 5 heterocycles. The van der Waals surface area contributed by atoms with E-state index >= 15 is 0 Å². The highest BCUT2D eigenvalue weighted by molar-refractivity contribution is 7.80. The van der Waals surface area contributed by atoms with Crippen LogP contribution in [0.4, 0.5) is 0 Å². The maximum atomic E-state index is 5.79. The monoisotopic (exact) mass is 443 g/mol. The molecule has 0 aromatic carbocycles. The average molecular weight is 444 g/mol. The van der Waals surface area contributed by atoms with Crippen molar-refractivity contribution in [3.63, 3.8) is 0 Å². The number of hydrogen-bond donors (Lipinski definition) is 1. The minimum absolute atomic E-state index is 0.00338. The van der Waals surface area contributed by atoms with Gasteiger partial charge >= 0.3 is 0 Å². The Morgan fingerprint density at radius 2 is 1.97 bits per heavy atom. The van der Waals surface area contributed by atoms with Crippen molar-refractivity contribution in [1.29, 1.82) is 0 Å². The lowest BCUT2D eigenvalue weighted by molar-refractivity contribution is 0.286. The number of aromatic nitrogens is 3. The molecule has 0 unspecified atom stereocenters. The molecular formula is C25H25N5OS. The quantitative estimate of drug-likeness (QED) is 0.436. The number of furan rings is 1. The van der Waals surface area contributed by atoms with Crippen LogP contribution in [0.15, 0.2) is 77.8 Å². The zero-order valence-corrected chi connectivity index (χ0v) is 18.9. The summed E-state index contributed by atoms with van der Waals surface area (Å²) >= 11 is 5.79. The summed E-state index contributed by atoms with van der Waals surface area (Å²) in [6.07, 6.45) is 7.26. The van der Waals surface area contributed by atoms with Gasteiger partial charge in [0.15, 0.2) is 5.11 Å². The maximum Gasteiger partial charge on any atom is 0.170 e. The fourth-order valence-corrected chi connectivity index (χ4v) is 4.83. The lowest BCUT2D eigenvalue weighted by atomic mass is 9.96. The number of hydrogen-bond acceptors (Lipinski definition) is 4. The van der Waals surface area contributed by atoms with Gasteiger partial charge in [-0.15, -0.1) is 0 Å². The van der Waals surface area contributed by atoms with Crippen LogP contribution in [0.1, 0.15) is 46.1 Å². The Hall–Kier alpha value is -3.45. The molecule has 32 heavy (non-hydrogen) atoms. The highest BCUT2D eigenvalue weighted by Gasteiger charge is 2.41. The molecule has 1 aliphatic rings. The second kappa shape index (κ2) is 8.59. The van der Waals surface area contributed by atoms with Crippen LogP contribution in [0.25, 0.3) is 0 Å². The maximum absolute atomic E-state index is 5.79. The third kappa shape index (κ3) is 3.80. The zero-order valence-electron chi connectivity index (χ0n) is 18.1. The Balaban J connectivity index is 1.56. The average Bonchev–Trinajstić information content (AvgIpc) is 3.51. The number of nitrogens with one attached hydrogen (secondary N) is 1. The van der Waals surface area contributed by atoms with E-state index in [2.05, 4.69) is 56.8 Å². The molecule has 1 N–H and O–H groups in total. The first kappa shape index (κ1) is 20.5. The Morgan fingerprint density at radius 3 is 2.69 bits per heavy atom. The minimum Gasteiger partial charge on any atom is -0.467 e. The van der Waals surface area contributed by atoms with Crippen molar-refractivity contribution in [3.8, 4) is 0 Å². The van der Waals surface area contributed by atoms with Crippen LogP contribution >= 0.6 is 12.2 Å². The van der Waals surface area contributed by atoms with Crippen molar-refractivity contribution < 1.29 is 4.42 Å². The van der Waals surface area contributed by atoms with E-state index in [1.54, 1.807) is 12.5 Å². The Morgan fingerprint density at radius 1 is 1.06 bits per heavy atom. The minimum atomic E-state index is -0.0500. The van der Waals surface area contributed by atoms with Crippen LogP contribution in [0.3, 0.4) is 0 Å². The fourth-order valence-electron chi connectivity index (χ4n) is 4.53. The van der Waals surface area contributed by atoms with E-state index in [1.165, 1.54) is 22.5 Å². The summed E-state index contributed by atoms with van der Waals surface area (Å²) in [6, 6.07) is 16.2. The smallest absolute Gasteiger partial charge is 0.170 e. The van der Waals surface area contributed by atoms with E-state index in [9.17, 15) is 0 Å². The van der Waals surface area contributed by atoms with Crippen LogP contribution in [0.5, 0.6) is 0 Å². The predicted molar refractivity (Wildman–Crippen MR) is 127 cm³/mol. The van der Waals surface area contributed by atoms with Crippen LogP contribution in [0.2, 0.25) is 0 Å². The molecule has 0 radical (unpaired) electrons. The molecule has 0 saturated carbocycles. The summed E-state index contributed by atoms with van der Waals surface area (Å²) in [7, 11) is 0. The molecule has 1 aliphatic heterocycles. The molecule has 1 fully saturated rings. The second-order valence-electron chi connectivity index (χ2n) is 8.11. The highest BCUT2D eigenvalue weighted by Crippen LogP contribution is 2.41. The third-order valence-corrected chi connectivity index (χ3v) is 6.45. The summed E-state index contributed by atoms with van der Waals surface area (Å²) in [4.78, 5) is 11.1. The van der Waals surface area contributed by atoms with Gasteiger partial charge in [0, 0.05) is 36.5 Å². The molecule has 4 aromatic heterocycles. The van der Waals surface area contributed by atoms with Crippen LogP contribution in [-0.4, -0.2) is 24.5 Å². The summed E-state index contributed by atoms with van der Waals surface area (Å²) < 4.78 is 7.99. The van der Waals surface area contributed by atoms with Gasteiger partial charge in [-0.2, -0.15) is 0 Å². The van der Waals surface area contributed by atoms with E-state index in [0.717, 1.165) is 18.0 Å². The summed E-state index contributed by atoms with van der Waals surface area (Å²) in [6.45, 7) is 5.71. The van der Waals surface area contributed by atoms with Gasteiger partial charge in [0.1, 0.15) is 5.76 Å². The van der Waals surface area contributed by atoms with Gasteiger partial charge in [-0.05, 0) is 73.6 Å². The second-order valence-corrected chi connectivity index (χ2v) is 8.49. The van der Waals surface area contributed by atoms with Gasteiger partial charge in [0.2, 0.25) is 0 Å². The molecule has 0 amide bonds. The first-order valence-electron chi connectivity index (χ1n) is 10.7. The molecular weight excluding hydrogens is 418 g/mol. The first-order valence-corrected chi connectivity index (χ1v) is 11.1. The van der Waals surface area contributed by atoms with Crippen LogP contribution in [-0.2, 0) is 13.1 Å². The van der Waals surface area contributed by atoms with Crippen molar-refractivity contribution in [2.45, 2.75) is 39.0 Å². The van der Waals surface area contributed by atoms with Crippen molar-refractivity contribution in [1.82, 2.24) is 24.8 Å². The van der Waals surface area contributed by atoms with Crippen molar-refractivity contribution >= 4 is 17.3 Å². The summed E-state index contributed by atoms with van der Waals surface area (Å²) in [5.41, 5.74) is 5.81. The van der Waals surface area contributed by atoms with Crippen molar-refractivity contribution in [2.24, 2.45) is 0 Å². The SMILES string of the molecule is Cc1cc([C@@H]2[C@H](c3ccccn3)NC(=S)N2Cc2ccco2)c(C)n1Cc1cccnc1. The molecule has 6 nitrogen and oxygen atoms in total. The number of pyridine rings is 2.